The summed E-state index contributed by atoms with van der Waals surface area (Å²) in [6.45, 7) is 5.42. The summed E-state index contributed by atoms with van der Waals surface area (Å²) in [5.74, 6) is 0. The zero-order chi connectivity index (χ0) is 22.1. The molecule has 0 aromatic heterocycles. The lowest BCUT2D eigenvalue weighted by atomic mass is 10.2. The minimum Gasteiger partial charge on any atom is -0.399 e. The lowest BCUT2D eigenvalue weighted by molar-refractivity contribution is 0.584. The Labute approximate surface area is 177 Å². The predicted octanol–water partition coefficient (Wildman–Crippen LogP) is 4.01. The number of nitrogen functional groups attached to an aromatic ring is 1. The van der Waals surface area contributed by atoms with Gasteiger partial charge < -0.3 is 5.73 Å². The van der Waals surface area contributed by atoms with Crippen LogP contribution in [0, 0.1) is 6.92 Å². The van der Waals surface area contributed by atoms with Crippen molar-refractivity contribution in [3.8, 4) is 0 Å². The van der Waals surface area contributed by atoms with Crippen molar-refractivity contribution in [3.63, 3.8) is 0 Å². The van der Waals surface area contributed by atoms with Gasteiger partial charge in [-0.3, -0.25) is 4.31 Å². The monoisotopic (exact) mass is 444 g/mol. The standard InChI is InChI=1S/C22H24N2O4S2/c1-16(2)24(30(27,28)22-10-4-17(3)5-11-22)19-8-14-21(15-9-19)29(25,26)20-12-6-18(23)7-13-20/h4-16H,23H2,1-3H3. The lowest BCUT2D eigenvalue weighted by Gasteiger charge is -2.28. The summed E-state index contributed by atoms with van der Waals surface area (Å²) in [5, 5.41) is 0. The Morgan fingerprint density at radius 2 is 1.13 bits per heavy atom. The highest BCUT2D eigenvalue weighted by Gasteiger charge is 2.28. The molecule has 8 heteroatoms. The van der Waals surface area contributed by atoms with E-state index in [0.717, 1.165) is 5.56 Å². The number of sulfonamides is 1. The van der Waals surface area contributed by atoms with E-state index in [-0.39, 0.29) is 20.7 Å². The molecule has 0 atom stereocenters. The Kier molecular flexibility index (Phi) is 5.92. The van der Waals surface area contributed by atoms with E-state index in [4.69, 9.17) is 5.73 Å². The van der Waals surface area contributed by atoms with E-state index < -0.39 is 19.9 Å². The van der Waals surface area contributed by atoms with E-state index in [9.17, 15) is 16.8 Å². The van der Waals surface area contributed by atoms with Crippen LogP contribution < -0.4 is 10.0 Å². The third-order valence-corrected chi connectivity index (χ3v) is 8.44. The van der Waals surface area contributed by atoms with Gasteiger partial charge in [0, 0.05) is 11.7 Å². The summed E-state index contributed by atoms with van der Waals surface area (Å²) < 4.78 is 53.4. The topological polar surface area (TPSA) is 97.5 Å². The van der Waals surface area contributed by atoms with E-state index in [2.05, 4.69) is 0 Å². The van der Waals surface area contributed by atoms with Crippen LogP contribution in [-0.2, 0) is 19.9 Å². The molecule has 0 bridgehead atoms. The first-order valence-electron chi connectivity index (χ1n) is 9.35. The first-order chi connectivity index (χ1) is 14.0. The molecule has 3 rings (SSSR count). The third kappa shape index (κ3) is 4.20. The van der Waals surface area contributed by atoms with Gasteiger partial charge in [0.1, 0.15) is 0 Å². The second kappa shape index (κ2) is 8.12. The second-order valence-electron chi connectivity index (χ2n) is 7.27. The molecule has 0 saturated heterocycles. The van der Waals surface area contributed by atoms with E-state index >= 15 is 0 Å². The van der Waals surface area contributed by atoms with E-state index in [1.165, 1.54) is 52.8 Å². The Bertz CT molecular complexity index is 1230. The minimum atomic E-state index is -3.81. The Morgan fingerprint density at radius 3 is 1.60 bits per heavy atom. The first kappa shape index (κ1) is 21.9. The van der Waals surface area contributed by atoms with Crippen LogP contribution in [0.2, 0.25) is 0 Å². The minimum absolute atomic E-state index is 0.0764. The molecular formula is C22H24N2O4S2. The molecule has 0 unspecified atom stereocenters. The number of hydrogen-bond donors (Lipinski definition) is 1. The number of rotatable bonds is 6. The molecule has 158 valence electrons. The average molecular weight is 445 g/mol. The van der Waals surface area contributed by atoms with E-state index in [0.29, 0.717) is 11.4 Å². The molecular weight excluding hydrogens is 420 g/mol. The first-order valence-corrected chi connectivity index (χ1v) is 12.3. The molecule has 2 N–H and O–H groups in total. The van der Waals surface area contributed by atoms with Crippen molar-refractivity contribution < 1.29 is 16.8 Å². The molecule has 3 aromatic rings. The van der Waals surface area contributed by atoms with Crippen LogP contribution in [0.4, 0.5) is 11.4 Å². The maximum Gasteiger partial charge on any atom is 0.264 e. The summed E-state index contributed by atoms with van der Waals surface area (Å²) in [6, 6.07) is 18.1. The van der Waals surface area contributed by atoms with Gasteiger partial charge in [0.25, 0.3) is 10.0 Å². The quantitative estimate of drug-likeness (QED) is 0.579. The van der Waals surface area contributed by atoms with Crippen LogP contribution in [0.15, 0.2) is 87.5 Å². The van der Waals surface area contributed by atoms with Crippen LogP contribution in [0.25, 0.3) is 0 Å². The van der Waals surface area contributed by atoms with Crippen LogP contribution in [0.1, 0.15) is 19.4 Å². The molecule has 6 nitrogen and oxygen atoms in total. The van der Waals surface area contributed by atoms with Crippen LogP contribution in [0.3, 0.4) is 0 Å². The number of hydrogen-bond acceptors (Lipinski definition) is 5. The van der Waals surface area contributed by atoms with Gasteiger partial charge in [-0.1, -0.05) is 17.7 Å². The van der Waals surface area contributed by atoms with Crippen LogP contribution in [-0.4, -0.2) is 22.9 Å². The molecule has 0 amide bonds. The Balaban J connectivity index is 2.00. The zero-order valence-electron chi connectivity index (χ0n) is 17.0. The number of sulfone groups is 1. The van der Waals surface area contributed by atoms with Crippen LogP contribution in [0.5, 0.6) is 0 Å². The number of nitrogens with zero attached hydrogens (tertiary/aromatic N) is 1. The van der Waals surface area contributed by atoms with Crippen molar-refractivity contribution >= 4 is 31.2 Å². The SMILES string of the molecule is Cc1ccc(S(=O)(=O)N(c2ccc(S(=O)(=O)c3ccc(N)cc3)cc2)C(C)C)cc1. The second-order valence-corrected chi connectivity index (χ2v) is 11.0. The highest BCUT2D eigenvalue weighted by atomic mass is 32.2. The fraction of sp³-hybridized carbons (Fsp3) is 0.182. The van der Waals surface area contributed by atoms with Crippen molar-refractivity contribution in [1.29, 1.82) is 0 Å². The smallest absolute Gasteiger partial charge is 0.264 e. The molecule has 0 saturated carbocycles. The van der Waals surface area contributed by atoms with Gasteiger partial charge in [-0.15, -0.1) is 0 Å². The molecule has 0 aliphatic carbocycles. The normalized spacial score (nSPS) is 12.1. The fourth-order valence-corrected chi connectivity index (χ4v) is 6.02. The molecule has 0 radical (unpaired) electrons. The molecule has 0 aliphatic heterocycles. The summed E-state index contributed by atoms with van der Waals surface area (Å²) in [6.07, 6.45) is 0. The van der Waals surface area contributed by atoms with Crippen molar-refractivity contribution in [1.82, 2.24) is 0 Å². The fourth-order valence-electron chi connectivity index (χ4n) is 3.09. The van der Waals surface area contributed by atoms with Crippen molar-refractivity contribution in [3.05, 3.63) is 78.4 Å². The molecule has 0 aliphatic rings. The molecule has 0 spiro atoms. The largest absolute Gasteiger partial charge is 0.399 e. The maximum atomic E-state index is 13.2. The van der Waals surface area contributed by atoms with Gasteiger partial charge in [-0.2, -0.15) is 0 Å². The average Bonchev–Trinajstić information content (AvgIpc) is 2.68. The van der Waals surface area contributed by atoms with Gasteiger partial charge in [0.2, 0.25) is 9.84 Å². The number of benzene rings is 3. The number of nitrogens with two attached hydrogens (primary N) is 1. The van der Waals surface area contributed by atoms with Crippen molar-refractivity contribution in [2.45, 2.75) is 41.5 Å². The molecule has 0 fully saturated rings. The summed E-state index contributed by atoms with van der Waals surface area (Å²) in [4.78, 5) is 0.380. The van der Waals surface area contributed by atoms with Gasteiger partial charge in [-0.05, 0) is 81.4 Å². The summed E-state index contributed by atoms with van der Waals surface area (Å²) in [7, 11) is -7.54. The van der Waals surface area contributed by atoms with E-state index in [1.54, 1.807) is 38.1 Å². The van der Waals surface area contributed by atoms with Gasteiger partial charge in [-0.25, -0.2) is 16.8 Å². The highest BCUT2D eigenvalue weighted by Crippen LogP contribution is 2.29. The number of anilines is 2. The molecule has 0 heterocycles. The highest BCUT2D eigenvalue weighted by molar-refractivity contribution is 7.93. The lowest BCUT2D eigenvalue weighted by Crippen LogP contribution is -2.37. The van der Waals surface area contributed by atoms with Crippen molar-refractivity contribution in [2.24, 2.45) is 0 Å². The maximum absolute atomic E-state index is 13.2. The zero-order valence-corrected chi connectivity index (χ0v) is 18.6. The third-order valence-electron chi connectivity index (χ3n) is 4.64. The van der Waals surface area contributed by atoms with E-state index in [1.807, 2.05) is 6.92 Å². The molecule has 3 aromatic carbocycles. The number of aryl methyl sites for hydroxylation is 1. The Morgan fingerprint density at radius 1 is 0.700 bits per heavy atom. The summed E-state index contributed by atoms with van der Waals surface area (Å²) >= 11 is 0. The molecule has 30 heavy (non-hydrogen) atoms. The van der Waals surface area contributed by atoms with Crippen LogP contribution >= 0.6 is 0 Å². The Hall–Kier alpha value is -2.84. The van der Waals surface area contributed by atoms with Crippen molar-refractivity contribution in [2.75, 3.05) is 10.0 Å². The predicted molar refractivity (Wildman–Crippen MR) is 119 cm³/mol. The van der Waals surface area contributed by atoms with Gasteiger partial charge in [0.05, 0.1) is 20.4 Å². The van der Waals surface area contributed by atoms with Gasteiger partial charge >= 0.3 is 0 Å². The van der Waals surface area contributed by atoms with Gasteiger partial charge in [0.15, 0.2) is 0 Å². The summed E-state index contributed by atoms with van der Waals surface area (Å²) in [5.41, 5.74) is 7.45.